The van der Waals surface area contributed by atoms with E-state index in [1.165, 1.54) is 43.8 Å². The monoisotopic (exact) mass is 499 g/mol. The Bertz CT molecular complexity index is 1330. The van der Waals surface area contributed by atoms with Crippen LogP contribution in [0.3, 0.4) is 0 Å². The first-order chi connectivity index (χ1) is 18.3. The molecule has 0 spiro atoms. The van der Waals surface area contributed by atoms with Crippen molar-refractivity contribution in [3.63, 3.8) is 0 Å². The van der Waals surface area contributed by atoms with Gasteiger partial charge in [-0.05, 0) is 43.0 Å². The van der Waals surface area contributed by atoms with Crippen LogP contribution in [0.2, 0.25) is 0 Å². The van der Waals surface area contributed by atoms with Crippen LogP contribution in [0, 0.1) is 0 Å². The van der Waals surface area contributed by atoms with Gasteiger partial charge in [0, 0.05) is 36.5 Å². The topological polar surface area (TPSA) is 94.6 Å². The molecule has 0 saturated heterocycles. The average Bonchev–Trinajstić information content (AvgIpc) is 3.61. The van der Waals surface area contributed by atoms with Crippen molar-refractivity contribution in [3.8, 4) is 22.8 Å². The Balaban J connectivity index is 1.21. The Hall–Kier alpha value is -3.72. The highest BCUT2D eigenvalue weighted by Crippen LogP contribution is 2.35. The summed E-state index contributed by atoms with van der Waals surface area (Å²) >= 11 is 0. The fourth-order valence-corrected chi connectivity index (χ4v) is 5.25. The van der Waals surface area contributed by atoms with Crippen molar-refractivity contribution in [2.75, 3.05) is 6.54 Å². The molecular formula is C28H30FN7O. The molecule has 3 heterocycles. The van der Waals surface area contributed by atoms with Crippen molar-refractivity contribution >= 4 is 0 Å². The van der Waals surface area contributed by atoms with Gasteiger partial charge in [-0.3, -0.25) is 4.98 Å². The first-order valence-electron chi connectivity index (χ1n) is 13.1. The molecule has 190 valence electrons. The first-order valence-corrected chi connectivity index (χ1v) is 13.1. The molecule has 8 nitrogen and oxygen atoms in total. The number of hydrogen-bond donors (Lipinski definition) is 1. The number of nitrogens with one attached hydrogen (secondary N) is 1. The van der Waals surface area contributed by atoms with Crippen LogP contribution in [0.4, 0.5) is 4.39 Å². The maximum atomic E-state index is 14.8. The Morgan fingerprint density at radius 2 is 1.89 bits per heavy atom. The third-order valence-electron chi connectivity index (χ3n) is 7.32. The zero-order valence-electron chi connectivity index (χ0n) is 20.6. The van der Waals surface area contributed by atoms with E-state index in [0.717, 1.165) is 18.5 Å². The highest BCUT2D eigenvalue weighted by atomic mass is 19.1. The van der Waals surface area contributed by atoms with Crippen LogP contribution < -0.4 is 5.32 Å². The lowest BCUT2D eigenvalue weighted by atomic mass is 9.94. The highest BCUT2D eigenvalue weighted by Gasteiger charge is 2.29. The van der Waals surface area contributed by atoms with Gasteiger partial charge in [-0.1, -0.05) is 66.1 Å². The molecule has 3 unspecified atom stereocenters. The minimum atomic E-state index is -1.22. The molecule has 3 aromatic heterocycles. The molecule has 3 aliphatic carbocycles. The second-order valence-corrected chi connectivity index (χ2v) is 9.83. The zero-order chi connectivity index (χ0) is 25.0. The van der Waals surface area contributed by atoms with Crippen molar-refractivity contribution < 1.29 is 8.91 Å². The predicted molar refractivity (Wildman–Crippen MR) is 138 cm³/mol. The van der Waals surface area contributed by atoms with Crippen LogP contribution in [0.1, 0.15) is 56.3 Å². The second-order valence-electron chi connectivity index (χ2n) is 9.83. The number of hydrogen-bond acceptors (Lipinski definition) is 7. The summed E-state index contributed by atoms with van der Waals surface area (Å²) in [5, 5.41) is 16.6. The Labute approximate surface area is 215 Å². The summed E-state index contributed by atoms with van der Waals surface area (Å²) in [7, 11) is 0. The van der Waals surface area contributed by atoms with E-state index in [1.54, 1.807) is 29.2 Å². The Kier molecular flexibility index (Phi) is 6.86. The Morgan fingerprint density at radius 1 is 1.05 bits per heavy atom. The van der Waals surface area contributed by atoms with E-state index in [0.29, 0.717) is 23.3 Å². The van der Waals surface area contributed by atoms with Crippen LogP contribution in [-0.2, 0) is 0 Å². The Morgan fingerprint density at radius 3 is 2.68 bits per heavy atom. The SMILES string of the molecule is FC1C=CC=CC1n1nnc(-c2nc(C3C=CC(CNC4CCCCC4)=CC3)no2)c1-c1ccncc1. The number of nitrogens with zero attached hydrogens (tertiary/aromatic N) is 6. The molecule has 3 aliphatic rings. The summed E-state index contributed by atoms with van der Waals surface area (Å²) < 4.78 is 22.0. The number of aromatic nitrogens is 6. The summed E-state index contributed by atoms with van der Waals surface area (Å²) in [6, 6.07) is 3.69. The number of allylic oxidation sites excluding steroid dienone is 6. The lowest BCUT2D eigenvalue weighted by Crippen LogP contribution is -2.32. The highest BCUT2D eigenvalue weighted by molar-refractivity contribution is 5.74. The molecule has 0 radical (unpaired) electrons. The third kappa shape index (κ3) is 5.09. The first kappa shape index (κ1) is 23.7. The molecule has 9 heteroatoms. The molecule has 0 amide bonds. The van der Waals surface area contributed by atoms with E-state index in [1.807, 2.05) is 18.2 Å². The summed E-state index contributed by atoms with van der Waals surface area (Å²) in [6.07, 6.45) is 22.8. The van der Waals surface area contributed by atoms with Gasteiger partial charge in [0.05, 0.1) is 0 Å². The fourth-order valence-electron chi connectivity index (χ4n) is 5.25. The van der Waals surface area contributed by atoms with Crippen molar-refractivity contribution in [1.82, 2.24) is 35.4 Å². The molecule has 1 saturated carbocycles. The average molecular weight is 500 g/mol. The van der Waals surface area contributed by atoms with E-state index < -0.39 is 12.2 Å². The van der Waals surface area contributed by atoms with E-state index >= 15 is 0 Å². The van der Waals surface area contributed by atoms with Crippen molar-refractivity contribution in [1.29, 1.82) is 0 Å². The van der Waals surface area contributed by atoms with E-state index in [9.17, 15) is 4.39 Å². The lowest BCUT2D eigenvalue weighted by molar-refractivity contribution is 0.300. The molecule has 37 heavy (non-hydrogen) atoms. The van der Waals surface area contributed by atoms with Gasteiger partial charge in [0.25, 0.3) is 5.89 Å². The number of pyridine rings is 1. The largest absolute Gasteiger partial charge is 0.332 e. The quantitative estimate of drug-likeness (QED) is 0.472. The van der Waals surface area contributed by atoms with Gasteiger partial charge in [-0.15, -0.1) is 5.10 Å². The molecule has 0 bridgehead atoms. The van der Waals surface area contributed by atoms with E-state index in [2.05, 4.69) is 49.0 Å². The van der Waals surface area contributed by atoms with Gasteiger partial charge in [0.2, 0.25) is 0 Å². The number of halogens is 1. The smallest absolute Gasteiger partial charge is 0.280 e. The molecule has 0 aliphatic heterocycles. The minimum absolute atomic E-state index is 0.0250. The molecule has 6 rings (SSSR count). The van der Waals surface area contributed by atoms with Crippen LogP contribution in [0.25, 0.3) is 22.8 Å². The maximum Gasteiger partial charge on any atom is 0.280 e. The zero-order valence-corrected chi connectivity index (χ0v) is 20.6. The molecular weight excluding hydrogens is 469 g/mol. The van der Waals surface area contributed by atoms with Gasteiger partial charge < -0.3 is 9.84 Å². The summed E-state index contributed by atoms with van der Waals surface area (Å²) in [4.78, 5) is 8.79. The van der Waals surface area contributed by atoms with Crippen molar-refractivity contribution in [2.24, 2.45) is 0 Å². The molecule has 3 aromatic rings. The van der Waals surface area contributed by atoms with E-state index in [-0.39, 0.29) is 11.8 Å². The predicted octanol–water partition coefficient (Wildman–Crippen LogP) is 5.29. The van der Waals surface area contributed by atoms with Gasteiger partial charge in [-0.25, -0.2) is 9.07 Å². The van der Waals surface area contributed by atoms with Crippen molar-refractivity contribution in [2.45, 2.75) is 62.7 Å². The van der Waals surface area contributed by atoms with Gasteiger partial charge in [-0.2, -0.15) is 4.98 Å². The summed E-state index contributed by atoms with van der Waals surface area (Å²) in [5.74, 6) is 0.888. The molecule has 3 atom stereocenters. The van der Waals surface area contributed by atoms with Crippen molar-refractivity contribution in [3.05, 3.63) is 78.5 Å². The number of rotatable bonds is 7. The molecule has 1 fully saturated rings. The lowest BCUT2D eigenvalue weighted by Gasteiger charge is -2.23. The van der Waals surface area contributed by atoms with Crippen LogP contribution in [-0.4, -0.2) is 48.9 Å². The van der Waals surface area contributed by atoms with Gasteiger partial charge in [0.15, 0.2) is 11.5 Å². The van der Waals surface area contributed by atoms with Crippen LogP contribution in [0.15, 0.2) is 77.2 Å². The second kappa shape index (κ2) is 10.7. The van der Waals surface area contributed by atoms with Gasteiger partial charge in [0.1, 0.15) is 17.9 Å². The van der Waals surface area contributed by atoms with Gasteiger partial charge >= 0.3 is 0 Å². The summed E-state index contributed by atoms with van der Waals surface area (Å²) in [6.45, 7) is 0.893. The van der Waals surface area contributed by atoms with Crippen LogP contribution >= 0.6 is 0 Å². The number of alkyl halides is 1. The molecule has 0 aromatic carbocycles. The standard InChI is InChI=1S/C28H30FN7O/c29-23-8-4-5-9-24(23)36-26(20-14-16-30-17-15-20)25(33-35-36)28-32-27(34-37-28)21-12-10-19(11-13-21)18-31-22-6-2-1-3-7-22/h4-5,8-12,14-17,21-24,31H,1-3,6-7,13,18H2. The normalized spacial score (nSPS) is 23.9. The fraction of sp³-hybridized carbons (Fsp3) is 0.393. The summed E-state index contributed by atoms with van der Waals surface area (Å²) in [5.41, 5.74) is 3.12. The maximum absolute atomic E-state index is 14.8. The third-order valence-corrected chi connectivity index (χ3v) is 7.32. The minimum Gasteiger partial charge on any atom is -0.332 e. The van der Waals surface area contributed by atoms with Crippen LogP contribution in [0.5, 0.6) is 0 Å². The molecule has 1 N–H and O–H groups in total. The van der Waals surface area contributed by atoms with E-state index in [4.69, 9.17) is 4.52 Å².